The summed E-state index contributed by atoms with van der Waals surface area (Å²) in [6.07, 6.45) is 8.02. The Morgan fingerprint density at radius 1 is 1.24 bits per heavy atom. The molecular formula is C16H18N2O3. The van der Waals surface area contributed by atoms with Gasteiger partial charge in [0.25, 0.3) is 0 Å². The fraction of sp³-hybridized carbons (Fsp3) is 0.438. The number of aliphatic carboxylic acids is 1. The Morgan fingerprint density at radius 3 is 2.43 bits per heavy atom. The van der Waals surface area contributed by atoms with Gasteiger partial charge in [0, 0.05) is 24.6 Å². The number of amides is 1. The number of allylic oxidation sites excluding steroid dienone is 2. The van der Waals surface area contributed by atoms with Crippen molar-refractivity contribution in [3.8, 4) is 0 Å². The SMILES string of the molecule is CCN(C(=O)[C@H]1C2C=CC(C2)[C@H]1C(=O)O)c1ccncc1. The highest BCUT2D eigenvalue weighted by Gasteiger charge is 2.52. The maximum Gasteiger partial charge on any atom is 0.307 e. The predicted molar refractivity (Wildman–Crippen MR) is 77.6 cm³/mol. The van der Waals surface area contributed by atoms with Crippen LogP contribution in [0.2, 0.25) is 0 Å². The molecule has 1 saturated carbocycles. The maximum atomic E-state index is 12.9. The van der Waals surface area contributed by atoms with Crippen molar-refractivity contribution in [2.75, 3.05) is 11.4 Å². The van der Waals surface area contributed by atoms with E-state index in [1.54, 1.807) is 29.4 Å². The first-order valence-electron chi connectivity index (χ1n) is 7.26. The topological polar surface area (TPSA) is 70.5 Å². The Balaban J connectivity index is 1.90. The highest BCUT2D eigenvalue weighted by atomic mass is 16.4. The number of aromatic nitrogens is 1. The first kappa shape index (κ1) is 13.8. The van der Waals surface area contributed by atoms with E-state index < -0.39 is 17.8 Å². The van der Waals surface area contributed by atoms with Crippen molar-refractivity contribution in [3.05, 3.63) is 36.7 Å². The second kappa shape index (κ2) is 5.31. The highest BCUT2D eigenvalue weighted by Crippen LogP contribution is 2.49. The molecule has 2 aliphatic carbocycles. The van der Waals surface area contributed by atoms with Crippen LogP contribution in [0.15, 0.2) is 36.7 Å². The Kier molecular flexibility index (Phi) is 3.49. The van der Waals surface area contributed by atoms with Crippen LogP contribution in [-0.2, 0) is 9.59 Å². The summed E-state index contributed by atoms with van der Waals surface area (Å²) in [7, 11) is 0. The van der Waals surface area contributed by atoms with Crippen LogP contribution in [0.4, 0.5) is 5.69 Å². The Labute approximate surface area is 123 Å². The van der Waals surface area contributed by atoms with Gasteiger partial charge >= 0.3 is 5.97 Å². The molecule has 2 unspecified atom stereocenters. The minimum absolute atomic E-state index is 0.00223. The molecule has 1 aromatic rings. The van der Waals surface area contributed by atoms with Gasteiger partial charge in [-0.25, -0.2) is 0 Å². The van der Waals surface area contributed by atoms with Crippen LogP contribution in [0.25, 0.3) is 0 Å². The molecule has 0 radical (unpaired) electrons. The number of hydrogen-bond acceptors (Lipinski definition) is 3. The number of anilines is 1. The fourth-order valence-corrected chi connectivity index (χ4v) is 3.67. The molecule has 1 aromatic heterocycles. The Morgan fingerprint density at radius 2 is 1.86 bits per heavy atom. The van der Waals surface area contributed by atoms with Crippen LogP contribution >= 0.6 is 0 Å². The molecule has 1 N–H and O–H groups in total. The molecule has 1 amide bonds. The van der Waals surface area contributed by atoms with Crippen LogP contribution in [0.5, 0.6) is 0 Å². The van der Waals surface area contributed by atoms with Gasteiger partial charge in [0.05, 0.1) is 11.8 Å². The van der Waals surface area contributed by atoms with Crippen LogP contribution in [0, 0.1) is 23.7 Å². The van der Waals surface area contributed by atoms with Gasteiger partial charge in [-0.2, -0.15) is 0 Å². The number of nitrogens with zero attached hydrogens (tertiary/aromatic N) is 2. The minimum Gasteiger partial charge on any atom is -0.481 e. The molecule has 1 heterocycles. The first-order valence-corrected chi connectivity index (χ1v) is 7.26. The van der Waals surface area contributed by atoms with Gasteiger partial charge in [-0.1, -0.05) is 12.2 Å². The molecule has 2 aliphatic rings. The van der Waals surface area contributed by atoms with Gasteiger partial charge in [0.1, 0.15) is 0 Å². The molecule has 5 nitrogen and oxygen atoms in total. The van der Waals surface area contributed by atoms with Crippen LogP contribution in [0.3, 0.4) is 0 Å². The second-order valence-corrected chi connectivity index (χ2v) is 5.63. The smallest absolute Gasteiger partial charge is 0.307 e. The number of hydrogen-bond donors (Lipinski definition) is 1. The third-order valence-corrected chi connectivity index (χ3v) is 4.59. The van der Waals surface area contributed by atoms with Crippen molar-refractivity contribution in [2.45, 2.75) is 13.3 Å². The summed E-state index contributed by atoms with van der Waals surface area (Å²) in [4.78, 5) is 30.0. The zero-order valence-electron chi connectivity index (χ0n) is 11.8. The largest absolute Gasteiger partial charge is 0.481 e. The number of carboxylic acids is 1. The zero-order chi connectivity index (χ0) is 15.0. The summed E-state index contributed by atoms with van der Waals surface area (Å²) in [6.45, 7) is 2.42. The van der Waals surface area contributed by atoms with Gasteiger partial charge in [-0.15, -0.1) is 0 Å². The second-order valence-electron chi connectivity index (χ2n) is 5.63. The van der Waals surface area contributed by atoms with Crippen molar-refractivity contribution >= 4 is 17.6 Å². The summed E-state index contributed by atoms with van der Waals surface area (Å²) in [6, 6.07) is 3.56. The normalized spacial score (nSPS) is 29.6. The van der Waals surface area contributed by atoms with E-state index in [0.29, 0.717) is 6.54 Å². The number of fused-ring (bicyclic) bond motifs is 2. The van der Waals surface area contributed by atoms with Crippen LogP contribution < -0.4 is 4.90 Å². The van der Waals surface area contributed by atoms with E-state index in [-0.39, 0.29) is 17.7 Å². The van der Waals surface area contributed by atoms with Crippen molar-refractivity contribution < 1.29 is 14.7 Å². The van der Waals surface area contributed by atoms with Crippen molar-refractivity contribution in [3.63, 3.8) is 0 Å². The quantitative estimate of drug-likeness (QED) is 0.859. The van der Waals surface area contributed by atoms with Gasteiger partial charge in [0.15, 0.2) is 0 Å². The molecule has 2 bridgehead atoms. The summed E-state index contributed by atoms with van der Waals surface area (Å²) in [5, 5.41) is 9.47. The molecule has 21 heavy (non-hydrogen) atoms. The van der Waals surface area contributed by atoms with E-state index in [2.05, 4.69) is 4.98 Å². The average molecular weight is 286 g/mol. The summed E-state index contributed by atoms with van der Waals surface area (Å²) in [5.74, 6) is -1.95. The third-order valence-electron chi connectivity index (χ3n) is 4.59. The Hall–Kier alpha value is -2.17. The van der Waals surface area contributed by atoms with Crippen molar-refractivity contribution in [1.82, 2.24) is 4.98 Å². The lowest BCUT2D eigenvalue weighted by molar-refractivity contribution is -0.147. The van der Waals surface area contributed by atoms with E-state index in [1.807, 2.05) is 19.1 Å². The molecule has 0 spiro atoms. The van der Waals surface area contributed by atoms with E-state index in [1.165, 1.54) is 0 Å². The molecule has 3 rings (SSSR count). The highest BCUT2D eigenvalue weighted by molar-refractivity contribution is 5.98. The molecule has 1 fully saturated rings. The average Bonchev–Trinajstić information content (AvgIpc) is 3.09. The third kappa shape index (κ3) is 2.22. The lowest BCUT2D eigenvalue weighted by Gasteiger charge is -2.30. The zero-order valence-corrected chi connectivity index (χ0v) is 11.8. The van der Waals surface area contributed by atoms with E-state index >= 15 is 0 Å². The van der Waals surface area contributed by atoms with E-state index in [9.17, 15) is 14.7 Å². The summed E-state index contributed by atoms with van der Waals surface area (Å²) < 4.78 is 0. The molecule has 110 valence electrons. The molecule has 4 atom stereocenters. The van der Waals surface area contributed by atoms with E-state index in [4.69, 9.17) is 0 Å². The van der Waals surface area contributed by atoms with Gasteiger partial charge in [-0.05, 0) is 37.3 Å². The maximum absolute atomic E-state index is 12.9. The molecule has 0 aliphatic heterocycles. The van der Waals surface area contributed by atoms with E-state index in [0.717, 1.165) is 12.1 Å². The monoisotopic (exact) mass is 286 g/mol. The lowest BCUT2D eigenvalue weighted by Crippen LogP contribution is -2.43. The predicted octanol–water partition coefficient (Wildman–Crippen LogP) is 1.96. The van der Waals surface area contributed by atoms with Crippen LogP contribution in [-0.4, -0.2) is 28.5 Å². The van der Waals surface area contributed by atoms with Gasteiger partial charge in [0.2, 0.25) is 5.91 Å². The number of pyridine rings is 1. The van der Waals surface area contributed by atoms with Gasteiger partial charge < -0.3 is 10.0 Å². The molecule has 0 saturated heterocycles. The number of carbonyl (C=O) groups excluding carboxylic acids is 1. The van der Waals surface area contributed by atoms with Crippen LogP contribution in [0.1, 0.15) is 13.3 Å². The number of carboxylic acid groups (broad SMARTS) is 1. The molecular weight excluding hydrogens is 268 g/mol. The lowest BCUT2D eigenvalue weighted by atomic mass is 9.82. The fourth-order valence-electron chi connectivity index (χ4n) is 3.67. The first-order chi connectivity index (χ1) is 10.1. The number of rotatable bonds is 4. The Bertz CT molecular complexity index is 584. The molecule has 0 aromatic carbocycles. The van der Waals surface area contributed by atoms with Crippen molar-refractivity contribution in [2.24, 2.45) is 23.7 Å². The standard InChI is InChI=1S/C16H18N2O3/c1-2-18(12-5-7-17-8-6-12)15(19)13-10-3-4-11(9-10)14(13)16(20)21/h3-8,10-11,13-14H,2,9H2,1H3,(H,20,21)/t10?,11?,13-,14+/m0/s1. The summed E-state index contributed by atoms with van der Waals surface area (Å²) in [5.41, 5.74) is 0.772. The van der Waals surface area contributed by atoms with Crippen molar-refractivity contribution in [1.29, 1.82) is 0 Å². The number of carbonyl (C=O) groups is 2. The van der Waals surface area contributed by atoms with Gasteiger partial charge in [-0.3, -0.25) is 14.6 Å². The molecule has 5 heteroatoms. The minimum atomic E-state index is -0.865. The summed E-state index contributed by atoms with van der Waals surface area (Å²) >= 11 is 0.